The van der Waals surface area contributed by atoms with Crippen LogP contribution in [0.3, 0.4) is 0 Å². The maximum atomic E-state index is 4.72. The molecule has 0 bridgehead atoms. The first-order valence-electron chi connectivity index (χ1n) is 7.96. The molecule has 0 saturated heterocycles. The van der Waals surface area contributed by atoms with Gasteiger partial charge in [-0.2, -0.15) is 4.98 Å². The van der Waals surface area contributed by atoms with Gasteiger partial charge < -0.3 is 10.6 Å². The molecule has 21 heavy (non-hydrogen) atoms. The fourth-order valence-corrected chi connectivity index (χ4v) is 4.01. The Bertz CT molecular complexity index is 628. The lowest BCUT2D eigenvalue weighted by atomic mass is 10.0. The van der Waals surface area contributed by atoms with E-state index in [4.69, 9.17) is 4.98 Å². The van der Waals surface area contributed by atoms with E-state index in [1.807, 2.05) is 0 Å². The number of nitrogens with one attached hydrogen (secondary N) is 2. The molecule has 0 aromatic carbocycles. The highest BCUT2D eigenvalue weighted by molar-refractivity contribution is 7.18. The van der Waals surface area contributed by atoms with Crippen molar-refractivity contribution in [3.8, 4) is 0 Å². The smallest absolute Gasteiger partial charge is 0.226 e. The minimum absolute atomic E-state index is 0.180. The third-order valence-electron chi connectivity index (χ3n) is 4.25. The van der Waals surface area contributed by atoms with Crippen molar-refractivity contribution in [2.75, 3.05) is 17.2 Å². The second-order valence-electron chi connectivity index (χ2n) is 6.10. The molecule has 0 amide bonds. The van der Waals surface area contributed by atoms with Gasteiger partial charge in [0.1, 0.15) is 10.6 Å². The largest absolute Gasteiger partial charge is 0.364 e. The van der Waals surface area contributed by atoms with Crippen molar-refractivity contribution in [3.05, 3.63) is 10.9 Å². The first-order valence-corrected chi connectivity index (χ1v) is 8.77. The number of aryl methyl sites for hydroxylation is 1. The molecule has 1 fully saturated rings. The summed E-state index contributed by atoms with van der Waals surface area (Å²) in [5.41, 5.74) is 0.180. The van der Waals surface area contributed by atoms with Crippen molar-refractivity contribution in [3.63, 3.8) is 0 Å². The number of hydrogen-bond donors (Lipinski definition) is 2. The van der Waals surface area contributed by atoms with Gasteiger partial charge in [-0.25, -0.2) is 4.98 Å². The molecule has 2 aromatic rings. The highest BCUT2D eigenvalue weighted by Gasteiger charge is 2.29. The van der Waals surface area contributed by atoms with Crippen molar-refractivity contribution in [1.82, 2.24) is 9.97 Å². The Hall–Kier alpha value is -1.36. The summed E-state index contributed by atoms with van der Waals surface area (Å²) in [4.78, 5) is 11.8. The molecule has 2 N–H and O–H groups in total. The van der Waals surface area contributed by atoms with Crippen LogP contribution in [0.1, 0.15) is 51.3 Å². The van der Waals surface area contributed by atoms with Crippen LogP contribution in [0.15, 0.2) is 6.07 Å². The second-order valence-corrected chi connectivity index (χ2v) is 7.22. The molecule has 0 spiro atoms. The first kappa shape index (κ1) is 14.6. The molecular weight excluding hydrogens is 280 g/mol. The molecule has 2 aromatic heterocycles. The van der Waals surface area contributed by atoms with E-state index in [1.54, 1.807) is 11.3 Å². The van der Waals surface area contributed by atoms with Gasteiger partial charge in [-0.15, -0.1) is 11.3 Å². The van der Waals surface area contributed by atoms with Gasteiger partial charge in [0, 0.05) is 17.0 Å². The molecule has 0 radical (unpaired) electrons. The van der Waals surface area contributed by atoms with Crippen LogP contribution >= 0.6 is 11.3 Å². The van der Waals surface area contributed by atoms with Crippen molar-refractivity contribution >= 4 is 33.3 Å². The Balaban J connectivity index is 2.02. The summed E-state index contributed by atoms with van der Waals surface area (Å²) in [6.45, 7) is 7.42. The lowest BCUT2D eigenvalue weighted by Gasteiger charge is -2.26. The first-order chi connectivity index (χ1) is 10.1. The van der Waals surface area contributed by atoms with Gasteiger partial charge in [-0.3, -0.25) is 0 Å². The summed E-state index contributed by atoms with van der Waals surface area (Å²) in [7, 11) is 0. The Morgan fingerprint density at radius 1 is 1.24 bits per heavy atom. The van der Waals surface area contributed by atoms with Crippen LogP contribution in [0.4, 0.5) is 11.8 Å². The van der Waals surface area contributed by atoms with E-state index in [0.29, 0.717) is 0 Å². The van der Waals surface area contributed by atoms with Gasteiger partial charge >= 0.3 is 0 Å². The lowest BCUT2D eigenvalue weighted by Crippen LogP contribution is -2.31. The van der Waals surface area contributed by atoms with E-state index >= 15 is 0 Å². The van der Waals surface area contributed by atoms with Gasteiger partial charge in [0.15, 0.2) is 0 Å². The number of aromatic nitrogens is 2. The van der Waals surface area contributed by atoms with Crippen molar-refractivity contribution < 1.29 is 0 Å². The normalized spacial score (nSPS) is 17.3. The minimum Gasteiger partial charge on any atom is -0.364 e. The summed E-state index contributed by atoms with van der Waals surface area (Å²) in [5, 5.41) is 8.13. The van der Waals surface area contributed by atoms with Crippen molar-refractivity contribution in [2.24, 2.45) is 0 Å². The van der Waals surface area contributed by atoms with Gasteiger partial charge in [0.25, 0.3) is 0 Å². The molecule has 5 heteroatoms. The number of rotatable bonds is 5. The Kier molecular flexibility index (Phi) is 4.02. The van der Waals surface area contributed by atoms with Gasteiger partial charge in [0.2, 0.25) is 5.95 Å². The summed E-state index contributed by atoms with van der Waals surface area (Å²) in [6.07, 6.45) is 6.11. The molecule has 0 atom stereocenters. The molecule has 2 heterocycles. The monoisotopic (exact) mass is 304 g/mol. The number of nitrogens with zero attached hydrogens (tertiary/aromatic N) is 2. The molecule has 0 unspecified atom stereocenters. The van der Waals surface area contributed by atoms with Crippen LogP contribution in [-0.4, -0.2) is 22.1 Å². The summed E-state index contributed by atoms with van der Waals surface area (Å²) in [6, 6.07) is 2.25. The van der Waals surface area contributed by atoms with Crippen LogP contribution in [0.5, 0.6) is 0 Å². The molecule has 1 saturated carbocycles. The standard InChI is InChI=1S/C16H24N4S/c1-4-11-10-12-13(20-16(3)8-6-7-9-16)18-15(17-5-2)19-14(12)21-11/h10H,4-9H2,1-3H3,(H2,17,18,19,20). The van der Waals surface area contributed by atoms with Crippen molar-refractivity contribution in [2.45, 2.75) is 58.4 Å². The number of fused-ring (bicyclic) bond motifs is 1. The average molecular weight is 304 g/mol. The predicted molar refractivity (Wildman–Crippen MR) is 91.5 cm³/mol. The average Bonchev–Trinajstić information content (AvgIpc) is 3.05. The number of hydrogen-bond acceptors (Lipinski definition) is 5. The van der Waals surface area contributed by atoms with Crippen LogP contribution in [0, 0.1) is 0 Å². The molecule has 1 aliphatic carbocycles. The van der Waals surface area contributed by atoms with Gasteiger partial charge in [-0.1, -0.05) is 19.8 Å². The molecule has 4 nitrogen and oxygen atoms in total. The topological polar surface area (TPSA) is 49.8 Å². The zero-order valence-electron chi connectivity index (χ0n) is 13.1. The van der Waals surface area contributed by atoms with E-state index in [0.717, 1.165) is 29.6 Å². The number of thiophene rings is 1. The summed E-state index contributed by atoms with van der Waals surface area (Å²) < 4.78 is 0. The summed E-state index contributed by atoms with van der Waals surface area (Å²) >= 11 is 1.78. The Labute approximate surface area is 130 Å². The highest BCUT2D eigenvalue weighted by atomic mass is 32.1. The fourth-order valence-electron chi connectivity index (χ4n) is 3.04. The number of anilines is 2. The van der Waals surface area contributed by atoms with Crippen LogP contribution < -0.4 is 10.6 Å². The fraction of sp³-hybridized carbons (Fsp3) is 0.625. The lowest BCUT2D eigenvalue weighted by molar-refractivity contribution is 0.532. The van der Waals surface area contributed by atoms with Crippen molar-refractivity contribution in [1.29, 1.82) is 0 Å². The van der Waals surface area contributed by atoms with Gasteiger partial charge in [-0.05, 0) is 39.2 Å². The quantitative estimate of drug-likeness (QED) is 0.858. The maximum Gasteiger partial charge on any atom is 0.226 e. The molecule has 114 valence electrons. The molecule has 3 rings (SSSR count). The van der Waals surface area contributed by atoms with E-state index in [2.05, 4.69) is 42.5 Å². The van der Waals surface area contributed by atoms with Crippen LogP contribution in [0.2, 0.25) is 0 Å². The van der Waals surface area contributed by atoms with E-state index in [9.17, 15) is 0 Å². The molecular formula is C16H24N4S. The Morgan fingerprint density at radius 2 is 2.00 bits per heavy atom. The zero-order chi connectivity index (χ0) is 14.9. The van der Waals surface area contributed by atoms with E-state index in [-0.39, 0.29) is 5.54 Å². The van der Waals surface area contributed by atoms with E-state index in [1.165, 1.54) is 35.9 Å². The molecule has 0 aliphatic heterocycles. The predicted octanol–water partition coefficient (Wildman–Crippen LogP) is 4.43. The zero-order valence-corrected chi connectivity index (χ0v) is 13.9. The summed E-state index contributed by atoms with van der Waals surface area (Å²) in [5.74, 6) is 1.73. The van der Waals surface area contributed by atoms with Crippen LogP contribution in [-0.2, 0) is 6.42 Å². The third kappa shape index (κ3) is 2.98. The second kappa shape index (κ2) is 5.79. The van der Waals surface area contributed by atoms with Gasteiger partial charge in [0.05, 0.1) is 5.39 Å². The Morgan fingerprint density at radius 3 is 2.67 bits per heavy atom. The SMILES string of the molecule is CCNc1nc(NC2(C)CCCC2)c2cc(CC)sc2n1. The van der Waals surface area contributed by atoms with E-state index < -0.39 is 0 Å². The third-order valence-corrected chi connectivity index (χ3v) is 5.43. The minimum atomic E-state index is 0.180. The molecule has 1 aliphatic rings. The maximum absolute atomic E-state index is 4.72. The highest BCUT2D eigenvalue weighted by Crippen LogP contribution is 2.36. The van der Waals surface area contributed by atoms with Crippen LogP contribution in [0.25, 0.3) is 10.2 Å².